The minimum absolute atomic E-state index is 0.286. The number of piperidine rings is 1. The number of carbonyl (C=O) groups excluding carboxylic acids is 1. The largest absolute Gasteiger partial charge is 0.465 e. The molecule has 0 spiro atoms. The third-order valence-electron chi connectivity index (χ3n) is 5.27. The van der Waals surface area contributed by atoms with E-state index in [4.69, 9.17) is 23.2 Å². The van der Waals surface area contributed by atoms with Gasteiger partial charge in [0.25, 0.3) is 5.91 Å². The first-order chi connectivity index (χ1) is 13.3. The summed E-state index contributed by atoms with van der Waals surface area (Å²) in [5, 5.41) is 13.0. The maximum absolute atomic E-state index is 12.7. The second-order valence-corrected chi connectivity index (χ2v) is 7.87. The maximum Gasteiger partial charge on any atom is 0.407 e. The van der Waals surface area contributed by atoms with Gasteiger partial charge in [0.15, 0.2) is 0 Å². The lowest BCUT2D eigenvalue weighted by Gasteiger charge is -2.41. The second-order valence-electron chi connectivity index (χ2n) is 7.03. The molecule has 8 heteroatoms. The van der Waals surface area contributed by atoms with Crippen molar-refractivity contribution in [3.05, 3.63) is 63.4 Å². The van der Waals surface area contributed by atoms with Gasteiger partial charge >= 0.3 is 6.09 Å². The Morgan fingerprint density at radius 1 is 1.25 bits per heavy atom. The second kappa shape index (κ2) is 8.37. The van der Waals surface area contributed by atoms with Crippen molar-refractivity contribution >= 4 is 35.2 Å². The summed E-state index contributed by atoms with van der Waals surface area (Å²) in [7, 11) is 0. The van der Waals surface area contributed by atoms with Crippen LogP contribution >= 0.6 is 23.2 Å². The number of benzene rings is 1. The molecule has 2 N–H and O–H groups in total. The molecular formula is C20H21Cl2N3O3. The van der Waals surface area contributed by atoms with Crippen molar-refractivity contribution in [2.75, 3.05) is 19.6 Å². The summed E-state index contributed by atoms with van der Waals surface area (Å²) in [6, 6.07) is 8.58. The highest BCUT2D eigenvalue weighted by molar-refractivity contribution is 6.36. The smallest absolute Gasteiger partial charge is 0.407 e. The lowest BCUT2D eigenvalue weighted by molar-refractivity contribution is 0.0905. The van der Waals surface area contributed by atoms with Crippen LogP contribution < -0.4 is 5.32 Å². The van der Waals surface area contributed by atoms with E-state index in [1.54, 1.807) is 18.3 Å². The Morgan fingerprint density at radius 2 is 1.96 bits per heavy atom. The van der Waals surface area contributed by atoms with Crippen LogP contribution in [0.4, 0.5) is 4.79 Å². The average Bonchev–Trinajstić information content (AvgIpc) is 2.67. The Balaban J connectivity index is 1.83. The van der Waals surface area contributed by atoms with Gasteiger partial charge in [-0.1, -0.05) is 29.3 Å². The summed E-state index contributed by atoms with van der Waals surface area (Å²) in [6.07, 6.45) is 1.95. The summed E-state index contributed by atoms with van der Waals surface area (Å²) in [5.74, 6) is -0.296. The first kappa shape index (κ1) is 20.4. The summed E-state index contributed by atoms with van der Waals surface area (Å²) in [4.78, 5) is 29.9. The summed E-state index contributed by atoms with van der Waals surface area (Å²) in [5.41, 5.74) is 1.82. The van der Waals surface area contributed by atoms with Gasteiger partial charge in [-0.15, -0.1) is 0 Å². The molecule has 1 aromatic carbocycles. The van der Waals surface area contributed by atoms with Gasteiger partial charge in [0.1, 0.15) is 0 Å². The molecule has 0 bridgehead atoms. The number of aryl methyl sites for hydroxylation is 1. The van der Waals surface area contributed by atoms with Crippen LogP contribution in [-0.4, -0.2) is 46.6 Å². The summed E-state index contributed by atoms with van der Waals surface area (Å²) in [6.45, 7) is 3.10. The van der Waals surface area contributed by atoms with Crippen LogP contribution in [0, 0.1) is 6.92 Å². The third kappa shape index (κ3) is 4.23. The minimum Gasteiger partial charge on any atom is -0.465 e. The molecular weight excluding hydrogens is 401 g/mol. The molecule has 0 unspecified atom stereocenters. The number of nitrogens with one attached hydrogen (secondary N) is 1. The van der Waals surface area contributed by atoms with Gasteiger partial charge in [0.05, 0.1) is 16.3 Å². The van der Waals surface area contributed by atoms with Crippen molar-refractivity contribution in [2.24, 2.45) is 0 Å². The van der Waals surface area contributed by atoms with Gasteiger partial charge in [0, 0.05) is 36.3 Å². The Morgan fingerprint density at radius 3 is 2.57 bits per heavy atom. The van der Waals surface area contributed by atoms with E-state index in [1.165, 1.54) is 11.0 Å². The highest BCUT2D eigenvalue weighted by atomic mass is 35.5. The van der Waals surface area contributed by atoms with Gasteiger partial charge in [-0.3, -0.25) is 9.78 Å². The molecule has 6 nitrogen and oxygen atoms in total. The molecule has 0 radical (unpaired) electrons. The molecule has 0 aliphatic carbocycles. The molecule has 28 heavy (non-hydrogen) atoms. The van der Waals surface area contributed by atoms with Crippen LogP contribution in [0.5, 0.6) is 0 Å². The molecule has 2 aromatic rings. The predicted molar refractivity (Wildman–Crippen MR) is 108 cm³/mol. The fourth-order valence-corrected chi connectivity index (χ4v) is 4.18. The molecule has 1 aliphatic heterocycles. The quantitative estimate of drug-likeness (QED) is 0.776. The number of rotatable bonds is 4. The van der Waals surface area contributed by atoms with Gasteiger partial charge in [-0.05, 0) is 49.6 Å². The molecule has 3 rings (SSSR count). The first-order valence-electron chi connectivity index (χ1n) is 8.96. The van der Waals surface area contributed by atoms with Gasteiger partial charge < -0.3 is 15.3 Å². The highest BCUT2D eigenvalue weighted by Gasteiger charge is 2.40. The van der Waals surface area contributed by atoms with Crippen molar-refractivity contribution < 1.29 is 14.7 Å². The number of hydrogen-bond acceptors (Lipinski definition) is 3. The zero-order valence-electron chi connectivity index (χ0n) is 15.4. The number of carbonyl (C=O) groups is 2. The van der Waals surface area contributed by atoms with Gasteiger partial charge in [-0.25, -0.2) is 4.79 Å². The first-order valence-corrected chi connectivity index (χ1v) is 9.71. The van der Waals surface area contributed by atoms with E-state index in [1.807, 2.05) is 19.1 Å². The maximum atomic E-state index is 12.7. The molecule has 1 saturated heterocycles. The Kier molecular flexibility index (Phi) is 6.10. The van der Waals surface area contributed by atoms with Gasteiger partial charge in [0.2, 0.25) is 0 Å². The van der Waals surface area contributed by atoms with Crippen molar-refractivity contribution in [3.63, 3.8) is 0 Å². The molecule has 2 amide bonds. The van der Waals surface area contributed by atoms with E-state index < -0.39 is 11.5 Å². The van der Waals surface area contributed by atoms with E-state index in [2.05, 4.69) is 10.3 Å². The van der Waals surface area contributed by atoms with E-state index >= 15 is 0 Å². The number of halogens is 2. The molecule has 2 heterocycles. The van der Waals surface area contributed by atoms with Crippen molar-refractivity contribution in [1.82, 2.24) is 15.2 Å². The number of amides is 2. The lowest BCUT2D eigenvalue weighted by atomic mass is 9.73. The standard InChI is InChI=1S/C20H21Cl2N3O3/c1-13-3-2-8-23-17(13)20(6-9-25(10-7-20)19(27)28)12-24-18(26)15-5-4-14(21)11-16(15)22/h2-5,8,11H,6-7,9-10,12H2,1H3,(H,24,26)(H,27,28). The zero-order chi connectivity index (χ0) is 20.3. The van der Waals surface area contributed by atoms with Crippen LogP contribution in [0.25, 0.3) is 0 Å². The van der Waals surface area contributed by atoms with Gasteiger partial charge in [-0.2, -0.15) is 0 Å². The molecule has 1 aromatic heterocycles. The normalized spacial score (nSPS) is 15.9. The predicted octanol–water partition coefficient (Wildman–Crippen LogP) is 4.14. The number of nitrogens with zero attached hydrogens (tertiary/aromatic N) is 2. The molecule has 0 atom stereocenters. The number of pyridine rings is 1. The fraction of sp³-hybridized carbons (Fsp3) is 0.350. The Hall–Kier alpha value is -2.31. The number of aromatic nitrogens is 1. The number of hydrogen-bond donors (Lipinski definition) is 2. The molecule has 148 valence electrons. The average molecular weight is 422 g/mol. The van der Waals surface area contributed by atoms with Crippen LogP contribution in [0.2, 0.25) is 10.0 Å². The number of likely N-dealkylation sites (tertiary alicyclic amines) is 1. The lowest BCUT2D eigenvalue weighted by Crippen LogP contribution is -2.50. The number of carboxylic acid groups (broad SMARTS) is 1. The Bertz CT molecular complexity index is 896. The Labute approximate surface area is 173 Å². The minimum atomic E-state index is -0.927. The van der Waals surface area contributed by atoms with Crippen LogP contribution in [0.3, 0.4) is 0 Å². The van der Waals surface area contributed by atoms with Crippen LogP contribution in [0.15, 0.2) is 36.5 Å². The molecule has 0 saturated carbocycles. The van der Waals surface area contributed by atoms with E-state index in [9.17, 15) is 14.7 Å². The van der Waals surface area contributed by atoms with Crippen molar-refractivity contribution in [1.29, 1.82) is 0 Å². The highest BCUT2D eigenvalue weighted by Crippen LogP contribution is 2.36. The fourth-order valence-electron chi connectivity index (χ4n) is 3.68. The summed E-state index contributed by atoms with van der Waals surface area (Å²) < 4.78 is 0. The van der Waals surface area contributed by atoms with Crippen LogP contribution in [0.1, 0.15) is 34.5 Å². The van der Waals surface area contributed by atoms with E-state index in [0.29, 0.717) is 43.1 Å². The van der Waals surface area contributed by atoms with E-state index in [-0.39, 0.29) is 10.9 Å². The van der Waals surface area contributed by atoms with Crippen molar-refractivity contribution in [3.8, 4) is 0 Å². The summed E-state index contributed by atoms with van der Waals surface area (Å²) >= 11 is 12.0. The van der Waals surface area contributed by atoms with Crippen LogP contribution in [-0.2, 0) is 5.41 Å². The molecule has 1 fully saturated rings. The molecule has 1 aliphatic rings. The topological polar surface area (TPSA) is 82.5 Å². The SMILES string of the molecule is Cc1cccnc1C1(CNC(=O)c2ccc(Cl)cc2Cl)CCN(C(=O)O)CC1. The monoisotopic (exact) mass is 421 g/mol. The van der Waals surface area contributed by atoms with E-state index in [0.717, 1.165) is 11.3 Å². The zero-order valence-corrected chi connectivity index (χ0v) is 16.9. The third-order valence-corrected chi connectivity index (χ3v) is 5.81. The van der Waals surface area contributed by atoms with Crippen molar-refractivity contribution in [2.45, 2.75) is 25.2 Å².